The van der Waals surface area contributed by atoms with E-state index in [2.05, 4.69) is 10.2 Å². The molecule has 1 heterocycles. The van der Waals surface area contributed by atoms with E-state index in [1.807, 2.05) is 0 Å². The van der Waals surface area contributed by atoms with Gasteiger partial charge in [0, 0.05) is 20.1 Å². The highest BCUT2D eigenvalue weighted by Crippen LogP contribution is 2.07. The van der Waals surface area contributed by atoms with E-state index in [1.165, 1.54) is 12.8 Å². The van der Waals surface area contributed by atoms with Crippen LogP contribution in [0.4, 0.5) is 4.79 Å². The third-order valence-corrected chi connectivity index (χ3v) is 3.51. The minimum Gasteiger partial charge on any atom is -0.480 e. The number of nitrogens with zero attached hydrogens (tertiary/aromatic N) is 2. The molecule has 0 spiro atoms. The maximum absolute atomic E-state index is 11.9. The second-order valence-corrected chi connectivity index (χ2v) is 5.48. The molecule has 1 aliphatic heterocycles. The van der Waals surface area contributed by atoms with Crippen LogP contribution in [0.15, 0.2) is 0 Å². The largest absolute Gasteiger partial charge is 0.480 e. The molecule has 110 valence electrons. The average Bonchev–Trinajstić information content (AvgIpc) is 2.84. The van der Waals surface area contributed by atoms with Crippen LogP contribution in [-0.2, 0) is 4.79 Å². The highest BCUT2D eigenvalue weighted by molar-refractivity contribution is 5.82. The van der Waals surface area contributed by atoms with E-state index >= 15 is 0 Å². The van der Waals surface area contributed by atoms with Gasteiger partial charge < -0.3 is 20.2 Å². The molecule has 1 fully saturated rings. The number of urea groups is 1. The van der Waals surface area contributed by atoms with Crippen molar-refractivity contribution < 1.29 is 14.7 Å². The van der Waals surface area contributed by atoms with Gasteiger partial charge in [-0.15, -0.1) is 0 Å². The Morgan fingerprint density at radius 3 is 2.37 bits per heavy atom. The van der Waals surface area contributed by atoms with Crippen LogP contribution in [0.5, 0.6) is 0 Å². The molecule has 6 nitrogen and oxygen atoms in total. The Kier molecular flexibility index (Phi) is 6.08. The third kappa shape index (κ3) is 5.06. The summed E-state index contributed by atoms with van der Waals surface area (Å²) in [5.41, 5.74) is 0. The Morgan fingerprint density at radius 2 is 1.89 bits per heavy atom. The third-order valence-electron chi connectivity index (χ3n) is 3.51. The molecule has 1 rings (SSSR count). The summed E-state index contributed by atoms with van der Waals surface area (Å²) in [5, 5.41) is 11.6. The zero-order valence-electron chi connectivity index (χ0n) is 12.1. The first-order valence-corrected chi connectivity index (χ1v) is 6.88. The van der Waals surface area contributed by atoms with Crippen LogP contribution in [0.1, 0.15) is 26.7 Å². The monoisotopic (exact) mass is 271 g/mol. The van der Waals surface area contributed by atoms with Crippen LogP contribution in [0.2, 0.25) is 0 Å². The van der Waals surface area contributed by atoms with Gasteiger partial charge in [-0.3, -0.25) is 0 Å². The molecule has 19 heavy (non-hydrogen) atoms. The Hall–Kier alpha value is -1.30. The summed E-state index contributed by atoms with van der Waals surface area (Å²) in [7, 11) is 1.70. The number of likely N-dealkylation sites (tertiary alicyclic amines) is 1. The highest BCUT2D eigenvalue weighted by Gasteiger charge is 2.25. The fourth-order valence-corrected chi connectivity index (χ4v) is 2.16. The highest BCUT2D eigenvalue weighted by atomic mass is 16.4. The van der Waals surface area contributed by atoms with Crippen molar-refractivity contribution in [3.8, 4) is 0 Å². The van der Waals surface area contributed by atoms with Crippen LogP contribution in [0, 0.1) is 5.92 Å². The van der Waals surface area contributed by atoms with E-state index in [1.54, 1.807) is 25.8 Å². The van der Waals surface area contributed by atoms with E-state index < -0.39 is 12.0 Å². The van der Waals surface area contributed by atoms with Gasteiger partial charge in [0.15, 0.2) is 0 Å². The number of carboxylic acids is 1. The average molecular weight is 271 g/mol. The molecule has 1 aliphatic rings. The van der Waals surface area contributed by atoms with Crippen molar-refractivity contribution in [3.05, 3.63) is 0 Å². The van der Waals surface area contributed by atoms with Crippen molar-refractivity contribution in [3.63, 3.8) is 0 Å². The van der Waals surface area contributed by atoms with Crippen molar-refractivity contribution in [2.24, 2.45) is 5.92 Å². The van der Waals surface area contributed by atoms with Crippen molar-refractivity contribution in [2.75, 3.05) is 33.2 Å². The quantitative estimate of drug-likeness (QED) is 0.750. The number of amides is 2. The SMILES string of the molecule is CC(C)C(NC(=O)N(C)CCN1CCCC1)C(=O)O. The van der Waals surface area contributed by atoms with Gasteiger partial charge in [0.25, 0.3) is 0 Å². The van der Waals surface area contributed by atoms with Gasteiger partial charge >= 0.3 is 12.0 Å². The van der Waals surface area contributed by atoms with Crippen molar-refractivity contribution >= 4 is 12.0 Å². The predicted octanol–water partition coefficient (Wildman–Crippen LogP) is 0.833. The smallest absolute Gasteiger partial charge is 0.326 e. The number of nitrogens with one attached hydrogen (secondary N) is 1. The van der Waals surface area contributed by atoms with Crippen LogP contribution in [0.3, 0.4) is 0 Å². The summed E-state index contributed by atoms with van der Waals surface area (Å²) in [6.45, 7) is 7.23. The standard InChI is InChI=1S/C13H25N3O3/c1-10(2)11(12(17)18)14-13(19)15(3)8-9-16-6-4-5-7-16/h10-11H,4-9H2,1-3H3,(H,14,19)(H,17,18). The lowest BCUT2D eigenvalue weighted by atomic mass is 10.1. The van der Waals surface area contributed by atoms with Gasteiger partial charge in [0.05, 0.1) is 0 Å². The van der Waals surface area contributed by atoms with Crippen molar-refractivity contribution in [2.45, 2.75) is 32.7 Å². The van der Waals surface area contributed by atoms with E-state index in [-0.39, 0.29) is 11.9 Å². The van der Waals surface area contributed by atoms with Gasteiger partial charge in [0.2, 0.25) is 0 Å². The number of hydrogen-bond donors (Lipinski definition) is 2. The number of rotatable bonds is 6. The van der Waals surface area contributed by atoms with Crippen LogP contribution in [-0.4, -0.2) is 66.2 Å². The fraction of sp³-hybridized carbons (Fsp3) is 0.846. The lowest BCUT2D eigenvalue weighted by molar-refractivity contribution is -0.140. The summed E-state index contributed by atoms with van der Waals surface area (Å²) >= 11 is 0. The number of aliphatic carboxylic acids is 1. The van der Waals surface area contributed by atoms with Gasteiger partial charge in [-0.2, -0.15) is 0 Å². The molecule has 0 aliphatic carbocycles. The molecule has 0 saturated carbocycles. The Morgan fingerprint density at radius 1 is 1.32 bits per heavy atom. The zero-order valence-corrected chi connectivity index (χ0v) is 12.1. The second-order valence-electron chi connectivity index (χ2n) is 5.48. The van der Waals surface area contributed by atoms with Crippen LogP contribution >= 0.6 is 0 Å². The lowest BCUT2D eigenvalue weighted by Crippen LogP contribution is -2.50. The number of hydrogen-bond acceptors (Lipinski definition) is 3. The van der Waals surface area contributed by atoms with E-state index in [0.29, 0.717) is 6.54 Å². The number of carbonyl (C=O) groups is 2. The molecular formula is C13H25N3O3. The zero-order chi connectivity index (χ0) is 14.4. The molecule has 6 heteroatoms. The molecule has 1 atom stereocenters. The topological polar surface area (TPSA) is 72.9 Å². The molecule has 2 N–H and O–H groups in total. The minimum atomic E-state index is -0.990. The molecule has 2 amide bonds. The first-order chi connectivity index (χ1) is 8.91. The van der Waals surface area contributed by atoms with Crippen LogP contribution in [0.25, 0.3) is 0 Å². The normalized spacial score (nSPS) is 17.5. The number of carbonyl (C=O) groups excluding carboxylic acids is 1. The second kappa shape index (κ2) is 7.33. The lowest BCUT2D eigenvalue weighted by Gasteiger charge is -2.25. The van der Waals surface area contributed by atoms with Gasteiger partial charge in [-0.05, 0) is 31.8 Å². The first-order valence-electron chi connectivity index (χ1n) is 6.88. The van der Waals surface area contributed by atoms with E-state index in [0.717, 1.165) is 19.6 Å². The fourth-order valence-electron chi connectivity index (χ4n) is 2.16. The minimum absolute atomic E-state index is 0.131. The van der Waals surface area contributed by atoms with E-state index in [9.17, 15) is 9.59 Å². The van der Waals surface area contributed by atoms with Gasteiger partial charge in [-0.25, -0.2) is 9.59 Å². The van der Waals surface area contributed by atoms with Crippen molar-refractivity contribution in [1.29, 1.82) is 0 Å². The van der Waals surface area contributed by atoms with Gasteiger partial charge in [0.1, 0.15) is 6.04 Å². The molecule has 0 bridgehead atoms. The maximum Gasteiger partial charge on any atom is 0.326 e. The molecule has 0 radical (unpaired) electrons. The number of likely N-dealkylation sites (N-methyl/N-ethyl adjacent to an activating group) is 1. The van der Waals surface area contributed by atoms with Crippen molar-refractivity contribution in [1.82, 2.24) is 15.1 Å². The molecule has 1 unspecified atom stereocenters. The Balaban J connectivity index is 2.36. The Bertz CT molecular complexity index is 314. The Labute approximate surface area is 114 Å². The van der Waals surface area contributed by atoms with E-state index in [4.69, 9.17) is 5.11 Å². The van der Waals surface area contributed by atoms with Crippen LogP contribution < -0.4 is 5.32 Å². The molecule has 0 aromatic rings. The summed E-state index contributed by atoms with van der Waals surface area (Å²) in [6.07, 6.45) is 2.45. The first kappa shape index (κ1) is 15.8. The molecule has 1 saturated heterocycles. The maximum atomic E-state index is 11.9. The molecular weight excluding hydrogens is 246 g/mol. The summed E-state index contributed by atoms with van der Waals surface area (Å²) in [6, 6.07) is -1.15. The molecule has 0 aromatic heterocycles. The molecule has 0 aromatic carbocycles. The predicted molar refractivity (Wildman–Crippen MR) is 73.1 cm³/mol. The number of carboxylic acid groups (broad SMARTS) is 1. The van der Waals surface area contributed by atoms with Gasteiger partial charge in [-0.1, -0.05) is 13.8 Å². The summed E-state index contributed by atoms with van der Waals surface area (Å²) < 4.78 is 0. The summed E-state index contributed by atoms with van der Waals surface area (Å²) in [5.74, 6) is -1.12. The summed E-state index contributed by atoms with van der Waals surface area (Å²) in [4.78, 5) is 26.8.